The smallest absolute Gasteiger partial charge is 0.387 e. The number of ether oxygens (including phenoxy) is 2. The van der Waals surface area contributed by atoms with Gasteiger partial charge in [0.1, 0.15) is 0 Å². The molecule has 0 unspecified atom stereocenters. The normalized spacial score (nSPS) is 14.3. The van der Waals surface area contributed by atoms with E-state index in [1.807, 2.05) is 0 Å². The summed E-state index contributed by atoms with van der Waals surface area (Å²) >= 11 is 1.50. The highest BCUT2D eigenvalue weighted by atomic mass is 32.1. The van der Waals surface area contributed by atoms with E-state index in [0.29, 0.717) is 5.13 Å². The standard InChI is InChI=1S/C18H20F2N2O3S/c1-24-14-10-11(8-9-13(14)25-17(19)20)16(23)22-18-21-12-6-4-2-3-5-7-15(12)26-18/h8-10,17H,2-7H2,1H3,(H,21,22,23). The van der Waals surface area contributed by atoms with Crippen LogP contribution in [0.4, 0.5) is 13.9 Å². The van der Waals surface area contributed by atoms with Crippen LogP contribution < -0.4 is 14.8 Å². The lowest BCUT2D eigenvalue weighted by molar-refractivity contribution is -0.0512. The fourth-order valence-corrected chi connectivity index (χ4v) is 3.98. The molecule has 0 radical (unpaired) electrons. The summed E-state index contributed by atoms with van der Waals surface area (Å²) < 4.78 is 34.2. The zero-order valence-corrected chi connectivity index (χ0v) is 15.2. The average Bonchev–Trinajstić information content (AvgIpc) is 2.95. The highest BCUT2D eigenvalue weighted by molar-refractivity contribution is 7.15. The number of hydrogen-bond acceptors (Lipinski definition) is 5. The Morgan fingerprint density at radius 2 is 1.96 bits per heavy atom. The van der Waals surface area contributed by atoms with E-state index in [1.165, 1.54) is 54.4 Å². The zero-order valence-electron chi connectivity index (χ0n) is 14.4. The van der Waals surface area contributed by atoms with Crippen molar-refractivity contribution < 1.29 is 23.0 Å². The van der Waals surface area contributed by atoms with Gasteiger partial charge in [-0.3, -0.25) is 10.1 Å². The molecular weight excluding hydrogens is 362 g/mol. The van der Waals surface area contributed by atoms with Crippen LogP contribution in [0, 0.1) is 0 Å². The number of halogens is 2. The van der Waals surface area contributed by atoms with E-state index in [9.17, 15) is 13.6 Å². The van der Waals surface area contributed by atoms with Gasteiger partial charge < -0.3 is 9.47 Å². The molecule has 0 bridgehead atoms. The average molecular weight is 382 g/mol. The number of methoxy groups -OCH3 is 1. The molecule has 8 heteroatoms. The molecule has 1 aliphatic rings. The molecule has 1 N–H and O–H groups in total. The van der Waals surface area contributed by atoms with Gasteiger partial charge in [0.05, 0.1) is 12.8 Å². The second-order valence-corrected chi connectivity index (χ2v) is 7.08. The number of rotatable bonds is 5. The van der Waals surface area contributed by atoms with Gasteiger partial charge in [-0.15, -0.1) is 11.3 Å². The largest absolute Gasteiger partial charge is 0.493 e. The Hall–Kier alpha value is -2.22. The first kappa shape index (κ1) is 18.6. The maximum atomic E-state index is 12.5. The monoisotopic (exact) mass is 382 g/mol. The number of thiazole rings is 1. The molecule has 3 rings (SSSR count). The molecule has 1 aliphatic carbocycles. The molecule has 5 nitrogen and oxygen atoms in total. The van der Waals surface area contributed by atoms with Gasteiger partial charge in [-0.1, -0.05) is 12.8 Å². The van der Waals surface area contributed by atoms with E-state index in [1.54, 1.807) is 0 Å². The highest BCUT2D eigenvalue weighted by Gasteiger charge is 2.17. The van der Waals surface area contributed by atoms with Gasteiger partial charge in [0.25, 0.3) is 5.91 Å². The second kappa shape index (κ2) is 8.44. The third-order valence-corrected chi connectivity index (χ3v) is 5.28. The first-order valence-electron chi connectivity index (χ1n) is 8.49. The summed E-state index contributed by atoms with van der Waals surface area (Å²) in [6.45, 7) is -2.96. The Morgan fingerprint density at radius 1 is 1.19 bits per heavy atom. The number of aromatic nitrogens is 1. The molecule has 0 aliphatic heterocycles. The number of hydrogen-bond donors (Lipinski definition) is 1. The molecule has 2 aromatic rings. The molecule has 0 fully saturated rings. The van der Waals surface area contributed by atoms with Crippen LogP contribution in [-0.4, -0.2) is 24.6 Å². The van der Waals surface area contributed by atoms with Gasteiger partial charge in [-0.2, -0.15) is 8.78 Å². The van der Waals surface area contributed by atoms with Crippen LogP contribution in [0.3, 0.4) is 0 Å². The molecule has 0 saturated carbocycles. The molecule has 1 heterocycles. The van der Waals surface area contributed by atoms with E-state index in [4.69, 9.17) is 4.74 Å². The van der Waals surface area contributed by atoms with Crippen molar-refractivity contribution >= 4 is 22.4 Å². The number of aryl methyl sites for hydroxylation is 2. The highest BCUT2D eigenvalue weighted by Crippen LogP contribution is 2.31. The minimum absolute atomic E-state index is 0.0735. The molecule has 0 atom stereocenters. The third kappa shape index (κ3) is 4.49. The molecule has 0 spiro atoms. The minimum Gasteiger partial charge on any atom is -0.493 e. The number of benzene rings is 1. The number of carbonyl (C=O) groups is 1. The van der Waals surface area contributed by atoms with Crippen molar-refractivity contribution in [3.05, 3.63) is 34.3 Å². The Labute approximate surface area is 154 Å². The molecule has 26 heavy (non-hydrogen) atoms. The molecule has 1 aromatic carbocycles. The molecular formula is C18H20F2N2O3S. The third-order valence-electron chi connectivity index (χ3n) is 4.21. The summed E-state index contributed by atoms with van der Waals surface area (Å²) in [5.41, 5.74) is 1.36. The summed E-state index contributed by atoms with van der Waals surface area (Å²) in [5, 5.41) is 3.36. The fraction of sp³-hybridized carbons (Fsp3) is 0.444. The summed E-state index contributed by atoms with van der Waals surface area (Å²) in [5.74, 6) is -0.408. The van der Waals surface area contributed by atoms with E-state index in [-0.39, 0.29) is 23.0 Å². The molecule has 1 aromatic heterocycles. The SMILES string of the molecule is COc1cc(C(=O)Nc2nc3c(s2)CCCCCC3)ccc1OC(F)F. The van der Waals surface area contributed by atoms with Gasteiger partial charge in [0.15, 0.2) is 16.6 Å². The van der Waals surface area contributed by atoms with Gasteiger partial charge >= 0.3 is 6.61 Å². The van der Waals surface area contributed by atoms with Crippen LogP contribution in [0.25, 0.3) is 0 Å². The maximum Gasteiger partial charge on any atom is 0.387 e. The van der Waals surface area contributed by atoms with Gasteiger partial charge in [0, 0.05) is 10.4 Å². The number of fused-ring (bicyclic) bond motifs is 1. The Morgan fingerprint density at radius 3 is 2.69 bits per heavy atom. The lowest BCUT2D eigenvalue weighted by atomic mass is 10.0. The fourth-order valence-electron chi connectivity index (χ4n) is 2.93. The van der Waals surface area contributed by atoms with E-state index >= 15 is 0 Å². The van der Waals surface area contributed by atoms with E-state index in [2.05, 4.69) is 15.0 Å². The minimum atomic E-state index is -2.96. The number of carbonyl (C=O) groups excluding carboxylic acids is 1. The first-order valence-corrected chi connectivity index (χ1v) is 9.31. The Bertz CT molecular complexity index is 754. The summed E-state index contributed by atoms with van der Waals surface area (Å²) in [6, 6.07) is 4.08. The number of anilines is 1. The quantitative estimate of drug-likeness (QED) is 0.817. The predicted molar refractivity (Wildman–Crippen MR) is 95.6 cm³/mol. The topological polar surface area (TPSA) is 60.5 Å². The van der Waals surface area contributed by atoms with Crippen LogP contribution >= 0.6 is 11.3 Å². The summed E-state index contributed by atoms with van der Waals surface area (Å²) in [7, 11) is 1.33. The van der Waals surface area contributed by atoms with Crippen molar-refractivity contribution in [2.24, 2.45) is 0 Å². The summed E-state index contributed by atoms with van der Waals surface area (Å²) in [6.07, 6.45) is 6.64. The van der Waals surface area contributed by atoms with Crippen molar-refractivity contribution in [1.82, 2.24) is 4.98 Å². The van der Waals surface area contributed by atoms with Crippen LogP contribution in [-0.2, 0) is 12.8 Å². The Balaban J connectivity index is 1.74. The van der Waals surface area contributed by atoms with Gasteiger partial charge in [-0.05, 0) is 43.9 Å². The second-order valence-electron chi connectivity index (χ2n) is 6.00. The molecule has 140 valence electrons. The van der Waals surface area contributed by atoms with Gasteiger partial charge in [-0.25, -0.2) is 4.98 Å². The van der Waals surface area contributed by atoms with Crippen molar-refractivity contribution in [1.29, 1.82) is 0 Å². The molecule has 1 amide bonds. The number of nitrogens with one attached hydrogen (secondary N) is 1. The lowest BCUT2D eigenvalue weighted by Gasteiger charge is -2.11. The van der Waals surface area contributed by atoms with Crippen molar-refractivity contribution in [3.63, 3.8) is 0 Å². The Kier molecular flexibility index (Phi) is 6.03. The van der Waals surface area contributed by atoms with Crippen molar-refractivity contribution in [3.8, 4) is 11.5 Å². The summed E-state index contributed by atoms with van der Waals surface area (Å²) in [4.78, 5) is 18.3. The van der Waals surface area contributed by atoms with Crippen molar-refractivity contribution in [2.45, 2.75) is 45.1 Å². The van der Waals surface area contributed by atoms with Crippen LogP contribution in [0.5, 0.6) is 11.5 Å². The maximum absolute atomic E-state index is 12.5. The van der Waals surface area contributed by atoms with Crippen LogP contribution in [0.2, 0.25) is 0 Å². The number of nitrogens with zero attached hydrogens (tertiary/aromatic N) is 1. The van der Waals surface area contributed by atoms with E-state index in [0.717, 1.165) is 31.4 Å². The van der Waals surface area contributed by atoms with Crippen molar-refractivity contribution in [2.75, 3.05) is 12.4 Å². The van der Waals surface area contributed by atoms with Gasteiger partial charge in [0.2, 0.25) is 0 Å². The van der Waals surface area contributed by atoms with Crippen LogP contribution in [0.1, 0.15) is 46.6 Å². The number of amides is 1. The zero-order chi connectivity index (χ0) is 18.5. The molecule has 0 saturated heterocycles. The first-order chi connectivity index (χ1) is 12.6. The number of alkyl halides is 2. The van der Waals surface area contributed by atoms with E-state index < -0.39 is 6.61 Å². The predicted octanol–water partition coefficient (Wildman–Crippen LogP) is 4.66. The van der Waals surface area contributed by atoms with Crippen LogP contribution in [0.15, 0.2) is 18.2 Å². The lowest BCUT2D eigenvalue weighted by Crippen LogP contribution is -2.12.